The van der Waals surface area contributed by atoms with Crippen molar-refractivity contribution in [1.29, 1.82) is 0 Å². The molecule has 130 valence electrons. The van der Waals surface area contributed by atoms with E-state index < -0.39 is 6.04 Å². The van der Waals surface area contributed by atoms with E-state index in [0.29, 0.717) is 29.4 Å². The SMILES string of the molecule is COc1cccc(N2CCN(C(=O)c3ccc(Cl)cc3)C(C)C2=O)c1. The van der Waals surface area contributed by atoms with Crippen LogP contribution in [0, 0.1) is 0 Å². The molecule has 2 aromatic carbocycles. The van der Waals surface area contributed by atoms with Gasteiger partial charge in [0.15, 0.2) is 0 Å². The van der Waals surface area contributed by atoms with Crippen LogP contribution in [0.15, 0.2) is 48.5 Å². The Kier molecular flexibility index (Phi) is 4.95. The number of carbonyl (C=O) groups excluding carboxylic acids is 2. The van der Waals surface area contributed by atoms with Gasteiger partial charge in [0.25, 0.3) is 5.91 Å². The van der Waals surface area contributed by atoms with Crippen molar-refractivity contribution in [3.63, 3.8) is 0 Å². The van der Waals surface area contributed by atoms with Gasteiger partial charge in [-0.1, -0.05) is 17.7 Å². The van der Waals surface area contributed by atoms with Crippen LogP contribution < -0.4 is 9.64 Å². The quantitative estimate of drug-likeness (QED) is 0.846. The van der Waals surface area contributed by atoms with Crippen LogP contribution in [0.3, 0.4) is 0 Å². The third-order valence-electron chi connectivity index (χ3n) is 4.37. The number of piperazine rings is 1. The van der Waals surface area contributed by atoms with Crippen LogP contribution >= 0.6 is 11.6 Å². The lowest BCUT2D eigenvalue weighted by Gasteiger charge is -2.39. The Bertz CT molecular complexity index is 792. The summed E-state index contributed by atoms with van der Waals surface area (Å²) in [7, 11) is 1.59. The average molecular weight is 359 g/mol. The molecule has 6 heteroatoms. The molecule has 0 spiro atoms. The minimum absolute atomic E-state index is 0.109. The Morgan fingerprint density at radius 1 is 1.16 bits per heavy atom. The Hall–Kier alpha value is -2.53. The second-order valence-corrected chi connectivity index (χ2v) is 6.31. The fourth-order valence-electron chi connectivity index (χ4n) is 2.94. The molecular weight excluding hydrogens is 340 g/mol. The van der Waals surface area contributed by atoms with Crippen LogP contribution in [0.2, 0.25) is 5.02 Å². The fourth-order valence-corrected chi connectivity index (χ4v) is 3.07. The summed E-state index contributed by atoms with van der Waals surface area (Å²) in [6.45, 7) is 2.66. The molecule has 1 atom stereocenters. The van der Waals surface area contributed by atoms with Crippen molar-refractivity contribution < 1.29 is 14.3 Å². The number of methoxy groups -OCH3 is 1. The van der Waals surface area contributed by atoms with Crippen molar-refractivity contribution in [2.24, 2.45) is 0 Å². The molecule has 1 aliphatic heterocycles. The van der Waals surface area contributed by atoms with Crippen LogP contribution in [-0.2, 0) is 4.79 Å². The van der Waals surface area contributed by atoms with Crippen molar-refractivity contribution in [3.05, 3.63) is 59.1 Å². The molecule has 5 nitrogen and oxygen atoms in total. The second kappa shape index (κ2) is 7.15. The molecule has 1 aliphatic rings. The predicted octanol–water partition coefficient (Wildman–Crippen LogP) is 3.23. The van der Waals surface area contributed by atoms with Crippen molar-refractivity contribution in [3.8, 4) is 5.75 Å². The second-order valence-electron chi connectivity index (χ2n) is 5.87. The van der Waals surface area contributed by atoms with E-state index >= 15 is 0 Å². The topological polar surface area (TPSA) is 49.9 Å². The Balaban J connectivity index is 1.79. The summed E-state index contributed by atoms with van der Waals surface area (Å²) < 4.78 is 5.22. The summed E-state index contributed by atoms with van der Waals surface area (Å²) in [6, 6.07) is 13.5. The first-order valence-electron chi connectivity index (χ1n) is 8.03. The molecule has 1 fully saturated rings. The summed E-state index contributed by atoms with van der Waals surface area (Å²) in [6.07, 6.45) is 0. The fraction of sp³-hybridized carbons (Fsp3) is 0.263. The number of rotatable bonds is 3. The van der Waals surface area contributed by atoms with Crippen molar-refractivity contribution in [2.45, 2.75) is 13.0 Å². The molecule has 1 saturated heterocycles. The summed E-state index contributed by atoms with van der Waals surface area (Å²) in [5, 5.41) is 0.573. The third-order valence-corrected chi connectivity index (χ3v) is 4.62. The van der Waals surface area contributed by atoms with Gasteiger partial charge in [0.2, 0.25) is 5.91 Å². The lowest BCUT2D eigenvalue weighted by atomic mass is 10.1. The van der Waals surface area contributed by atoms with E-state index in [0.717, 1.165) is 5.69 Å². The van der Waals surface area contributed by atoms with E-state index in [1.54, 1.807) is 48.1 Å². The molecule has 0 saturated carbocycles. The van der Waals surface area contributed by atoms with Gasteiger partial charge >= 0.3 is 0 Å². The van der Waals surface area contributed by atoms with Crippen molar-refractivity contribution >= 4 is 29.1 Å². The highest BCUT2D eigenvalue weighted by atomic mass is 35.5. The van der Waals surface area contributed by atoms with Crippen LogP contribution in [0.4, 0.5) is 5.69 Å². The number of ether oxygens (including phenoxy) is 1. The summed E-state index contributed by atoms with van der Waals surface area (Å²) >= 11 is 5.87. The van der Waals surface area contributed by atoms with E-state index in [9.17, 15) is 9.59 Å². The number of halogens is 1. The first kappa shape index (κ1) is 17.3. The number of carbonyl (C=O) groups is 2. The molecule has 0 radical (unpaired) electrons. The van der Waals surface area contributed by atoms with Gasteiger partial charge < -0.3 is 14.5 Å². The molecule has 1 unspecified atom stereocenters. The van der Waals surface area contributed by atoms with Crippen LogP contribution in [0.25, 0.3) is 0 Å². The zero-order valence-electron chi connectivity index (χ0n) is 14.1. The van der Waals surface area contributed by atoms with Gasteiger partial charge in [0, 0.05) is 35.4 Å². The van der Waals surface area contributed by atoms with Gasteiger partial charge in [-0.15, -0.1) is 0 Å². The maximum atomic E-state index is 12.8. The molecule has 2 aromatic rings. The third kappa shape index (κ3) is 3.46. The van der Waals surface area contributed by atoms with Gasteiger partial charge in [0.1, 0.15) is 11.8 Å². The van der Waals surface area contributed by atoms with Gasteiger partial charge in [-0.05, 0) is 43.3 Å². The number of nitrogens with zero attached hydrogens (tertiary/aromatic N) is 2. The molecule has 0 aromatic heterocycles. The van der Waals surface area contributed by atoms with E-state index in [1.165, 1.54) is 0 Å². The maximum Gasteiger partial charge on any atom is 0.254 e. The molecule has 2 amide bonds. The lowest BCUT2D eigenvalue weighted by Crippen LogP contribution is -2.57. The number of anilines is 1. The number of amides is 2. The van der Waals surface area contributed by atoms with E-state index in [1.807, 2.05) is 24.3 Å². The minimum Gasteiger partial charge on any atom is -0.497 e. The molecule has 3 rings (SSSR count). The summed E-state index contributed by atoms with van der Waals surface area (Å²) in [4.78, 5) is 28.8. The Labute approximate surface area is 151 Å². The van der Waals surface area contributed by atoms with Gasteiger partial charge in [-0.3, -0.25) is 9.59 Å². The molecular formula is C19H19ClN2O3. The van der Waals surface area contributed by atoms with Crippen LogP contribution in [0.1, 0.15) is 17.3 Å². The smallest absolute Gasteiger partial charge is 0.254 e. The van der Waals surface area contributed by atoms with Crippen molar-refractivity contribution in [1.82, 2.24) is 4.90 Å². The Morgan fingerprint density at radius 2 is 1.88 bits per heavy atom. The van der Waals surface area contributed by atoms with E-state index in [4.69, 9.17) is 16.3 Å². The number of benzene rings is 2. The van der Waals surface area contributed by atoms with Crippen LogP contribution in [0.5, 0.6) is 5.75 Å². The average Bonchev–Trinajstić information content (AvgIpc) is 2.64. The zero-order chi connectivity index (χ0) is 18.0. The first-order chi connectivity index (χ1) is 12.0. The summed E-state index contributed by atoms with van der Waals surface area (Å²) in [5.74, 6) is 0.419. The molecule has 0 bridgehead atoms. The largest absolute Gasteiger partial charge is 0.497 e. The van der Waals surface area contributed by atoms with Gasteiger partial charge in [0.05, 0.1) is 7.11 Å². The highest BCUT2D eigenvalue weighted by Crippen LogP contribution is 2.25. The monoisotopic (exact) mass is 358 g/mol. The van der Waals surface area contributed by atoms with Crippen LogP contribution in [-0.4, -0.2) is 43.0 Å². The molecule has 0 N–H and O–H groups in total. The van der Waals surface area contributed by atoms with Gasteiger partial charge in [-0.2, -0.15) is 0 Å². The highest BCUT2D eigenvalue weighted by molar-refractivity contribution is 6.30. The maximum absolute atomic E-state index is 12.8. The summed E-state index contributed by atoms with van der Waals surface area (Å²) in [5.41, 5.74) is 1.30. The molecule has 1 heterocycles. The predicted molar refractivity (Wildman–Crippen MR) is 97.3 cm³/mol. The zero-order valence-corrected chi connectivity index (χ0v) is 14.9. The highest BCUT2D eigenvalue weighted by Gasteiger charge is 2.35. The minimum atomic E-state index is -0.539. The lowest BCUT2D eigenvalue weighted by molar-refractivity contribution is -0.124. The van der Waals surface area contributed by atoms with Crippen molar-refractivity contribution in [2.75, 3.05) is 25.1 Å². The van der Waals surface area contributed by atoms with E-state index in [2.05, 4.69) is 0 Å². The Morgan fingerprint density at radius 3 is 2.56 bits per heavy atom. The van der Waals surface area contributed by atoms with Gasteiger partial charge in [-0.25, -0.2) is 0 Å². The number of hydrogen-bond donors (Lipinski definition) is 0. The van der Waals surface area contributed by atoms with E-state index in [-0.39, 0.29) is 11.8 Å². The first-order valence-corrected chi connectivity index (χ1v) is 8.41. The normalized spacial score (nSPS) is 17.6. The number of hydrogen-bond acceptors (Lipinski definition) is 3. The standard InChI is InChI=1S/C19H19ClN2O3/c1-13-18(23)22(16-4-3-5-17(12-16)25-2)11-10-21(13)19(24)14-6-8-15(20)9-7-14/h3-9,12-13H,10-11H2,1-2H3. The molecule has 25 heavy (non-hydrogen) atoms. The molecule has 0 aliphatic carbocycles.